The third kappa shape index (κ3) is 3.87. The molecular formula is C13H19ClN2O. The summed E-state index contributed by atoms with van der Waals surface area (Å²) in [4.78, 5) is 2.42. The summed E-state index contributed by atoms with van der Waals surface area (Å²) < 4.78 is 5.34. The lowest BCUT2D eigenvalue weighted by molar-refractivity contribution is 0.108. The summed E-state index contributed by atoms with van der Waals surface area (Å²) in [6.45, 7) is 4.17. The van der Waals surface area contributed by atoms with Crippen molar-refractivity contribution in [1.29, 1.82) is 0 Å². The molecule has 94 valence electrons. The number of ether oxygens (including phenoxy) is 1. The predicted octanol–water partition coefficient (Wildman–Crippen LogP) is 2.47. The molecule has 1 fully saturated rings. The van der Waals surface area contributed by atoms with E-state index in [0.717, 1.165) is 43.3 Å². The first-order valence-electron chi connectivity index (χ1n) is 6.02. The van der Waals surface area contributed by atoms with Gasteiger partial charge in [0.25, 0.3) is 0 Å². The van der Waals surface area contributed by atoms with Gasteiger partial charge in [0.05, 0.1) is 6.10 Å². The van der Waals surface area contributed by atoms with Crippen molar-refractivity contribution in [2.24, 2.45) is 0 Å². The molecule has 3 nitrogen and oxygen atoms in total. The lowest BCUT2D eigenvalue weighted by Crippen LogP contribution is -2.28. The molecule has 0 saturated carbocycles. The summed E-state index contributed by atoms with van der Waals surface area (Å²) >= 11 is 5.92. The summed E-state index contributed by atoms with van der Waals surface area (Å²) in [6.07, 6.45) is 1.56. The molecule has 0 aliphatic carbocycles. The molecule has 1 heterocycles. The van der Waals surface area contributed by atoms with E-state index in [1.54, 1.807) is 7.11 Å². The van der Waals surface area contributed by atoms with Crippen molar-refractivity contribution >= 4 is 17.3 Å². The molecule has 2 rings (SSSR count). The van der Waals surface area contributed by atoms with Gasteiger partial charge in [0.15, 0.2) is 0 Å². The molecular weight excluding hydrogens is 236 g/mol. The van der Waals surface area contributed by atoms with E-state index in [1.807, 2.05) is 24.3 Å². The van der Waals surface area contributed by atoms with Crippen LogP contribution in [0.5, 0.6) is 0 Å². The zero-order valence-corrected chi connectivity index (χ0v) is 10.9. The molecule has 1 unspecified atom stereocenters. The van der Waals surface area contributed by atoms with Gasteiger partial charge in [0.1, 0.15) is 0 Å². The number of hydrogen-bond acceptors (Lipinski definition) is 3. The molecule has 1 aromatic carbocycles. The van der Waals surface area contributed by atoms with Gasteiger partial charge in [-0.15, -0.1) is 0 Å². The van der Waals surface area contributed by atoms with Crippen molar-refractivity contribution in [3.05, 3.63) is 29.3 Å². The van der Waals surface area contributed by atoms with Crippen molar-refractivity contribution in [1.82, 2.24) is 4.90 Å². The molecule has 1 N–H and O–H groups in total. The molecule has 0 radical (unpaired) electrons. The van der Waals surface area contributed by atoms with E-state index in [9.17, 15) is 0 Å². The molecule has 0 bridgehead atoms. The molecule has 0 spiro atoms. The van der Waals surface area contributed by atoms with Crippen LogP contribution in [0.25, 0.3) is 0 Å². The zero-order chi connectivity index (χ0) is 12.1. The van der Waals surface area contributed by atoms with Crippen molar-refractivity contribution in [2.45, 2.75) is 12.5 Å². The summed E-state index contributed by atoms with van der Waals surface area (Å²) in [5, 5.41) is 4.15. The third-order valence-corrected chi connectivity index (χ3v) is 3.38. The lowest BCUT2D eigenvalue weighted by Gasteiger charge is -2.16. The van der Waals surface area contributed by atoms with Crippen LogP contribution in [0, 0.1) is 0 Å². The normalized spacial score (nSPS) is 20.7. The molecule has 17 heavy (non-hydrogen) atoms. The van der Waals surface area contributed by atoms with Crippen LogP contribution < -0.4 is 5.32 Å². The number of nitrogens with one attached hydrogen (secondary N) is 1. The summed E-state index contributed by atoms with van der Waals surface area (Å²) in [7, 11) is 1.79. The Hall–Kier alpha value is -0.770. The Labute approximate surface area is 108 Å². The Kier molecular flexibility index (Phi) is 4.66. The fourth-order valence-corrected chi connectivity index (χ4v) is 2.34. The maximum atomic E-state index is 5.92. The van der Waals surface area contributed by atoms with Gasteiger partial charge in [-0.3, -0.25) is 4.90 Å². The average molecular weight is 255 g/mol. The number of likely N-dealkylation sites (tertiary alicyclic amines) is 1. The first-order chi connectivity index (χ1) is 8.28. The van der Waals surface area contributed by atoms with Gasteiger partial charge in [-0.05, 0) is 24.6 Å². The minimum atomic E-state index is 0.418. The van der Waals surface area contributed by atoms with Crippen LogP contribution in [-0.2, 0) is 4.74 Å². The average Bonchev–Trinajstić information content (AvgIpc) is 2.77. The summed E-state index contributed by atoms with van der Waals surface area (Å²) in [5.74, 6) is 0. The van der Waals surface area contributed by atoms with Gasteiger partial charge in [-0.25, -0.2) is 0 Å². The van der Waals surface area contributed by atoms with E-state index in [-0.39, 0.29) is 0 Å². The second-order valence-electron chi connectivity index (χ2n) is 4.38. The Balaban J connectivity index is 1.70. The number of benzene rings is 1. The second kappa shape index (κ2) is 6.24. The van der Waals surface area contributed by atoms with Crippen molar-refractivity contribution in [2.75, 3.05) is 38.6 Å². The minimum Gasteiger partial charge on any atom is -0.384 e. The van der Waals surface area contributed by atoms with Crippen molar-refractivity contribution < 1.29 is 4.74 Å². The Morgan fingerprint density at radius 2 is 2.41 bits per heavy atom. The summed E-state index contributed by atoms with van der Waals surface area (Å²) in [5.41, 5.74) is 1.08. The molecule has 0 aromatic heterocycles. The van der Waals surface area contributed by atoms with Crippen LogP contribution in [-0.4, -0.2) is 44.3 Å². The van der Waals surface area contributed by atoms with E-state index >= 15 is 0 Å². The van der Waals surface area contributed by atoms with E-state index in [2.05, 4.69) is 10.2 Å². The van der Waals surface area contributed by atoms with Gasteiger partial charge < -0.3 is 10.1 Å². The highest BCUT2D eigenvalue weighted by atomic mass is 35.5. The topological polar surface area (TPSA) is 24.5 Å². The fourth-order valence-electron chi connectivity index (χ4n) is 2.15. The van der Waals surface area contributed by atoms with E-state index in [1.165, 1.54) is 0 Å². The fraction of sp³-hybridized carbons (Fsp3) is 0.538. The number of anilines is 1. The number of nitrogens with zero attached hydrogens (tertiary/aromatic N) is 1. The molecule has 1 saturated heterocycles. The van der Waals surface area contributed by atoms with Crippen LogP contribution in [0.15, 0.2) is 24.3 Å². The van der Waals surface area contributed by atoms with Gasteiger partial charge in [0.2, 0.25) is 0 Å². The Morgan fingerprint density at radius 1 is 1.53 bits per heavy atom. The SMILES string of the molecule is COC1CCN(CCNc2cccc(Cl)c2)C1. The number of halogens is 1. The smallest absolute Gasteiger partial charge is 0.0710 e. The van der Waals surface area contributed by atoms with E-state index in [4.69, 9.17) is 16.3 Å². The largest absolute Gasteiger partial charge is 0.384 e. The minimum absolute atomic E-state index is 0.418. The quantitative estimate of drug-likeness (QED) is 0.874. The Morgan fingerprint density at radius 3 is 3.12 bits per heavy atom. The zero-order valence-electron chi connectivity index (χ0n) is 10.2. The van der Waals surface area contributed by atoms with Crippen LogP contribution >= 0.6 is 11.6 Å². The van der Waals surface area contributed by atoms with Gasteiger partial charge in [-0.1, -0.05) is 17.7 Å². The highest BCUT2D eigenvalue weighted by Crippen LogP contribution is 2.15. The van der Waals surface area contributed by atoms with Crippen molar-refractivity contribution in [3.8, 4) is 0 Å². The Bertz CT molecular complexity index is 359. The van der Waals surface area contributed by atoms with Crippen LogP contribution in [0.1, 0.15) is 6.42 Å². The summed E-state index contributed by atoms with van der Waals surface area (Å²) in [6, 6.07) is 7.83. The van der Waals surface area contributed by atoms with Gasteiger partial charge >= 0.3 is 0 Å². The maximum Gasteiger partial charge on any atom is 0.0710 e. The monoisotopic (exact) mass is 254 g/mol. The van der Waals surface area contributed by atoms with Crippen LogP contribution in [0.2, 0.25) is 5.02 Å². The number of methoxy groups -OCH3 is 1. The van der Waals surface area contributed by atoms with Gasteiger partial charge in [0, 0.05) is 44.0 Å². The predicted molar refractivity (Wildman–Crippen MR) is 71.8 cm³/mol. The third-order valence-electron chi connectivity index (χ3n) is 3.14. The standard InChI is InChI=1S/C13H19ClN2O/c1-17-13-5-7-16(10-13)8-6-15-12-4-2-3-11(14)9-12/h2-4,9,13,15H,5-8,10H2,1H3. The number of rotatable bonds is 5. The van der Waals surface area contributed by atoms with E-state index in [0.29, 0.717) is 6.10 Å². The second-order valence-corrected chi connectivity index (χ2v) is 4.82. The molecule has 0 amide bonds. The molecule has 4 heteroatoms. The highest BCUT2D eigenvalue weighted by Gasteiger charge is 2.20. The highest BCUT2D eigenvalue weighted by molar-refractivity contribution is 6.30. The molecule has 1 aromatic rings. The molecule has 1 aliphatic heterocycles. The molecule has 1 atom stereocenters. The lowest BCUT2D eigenvalue weighted by atomic mass is 10.3. The first-order valence-corrected chi connectivity index (χ1v) is 6.40. The van der Waals surface area contributed by atoms with Crippen LogP contribution in [0.4, 0.5) is 5.69 Å². The van der Waals surface area contributed by atoms with Crippen molar-refractivity contribution in [3.63, 3.8) is 0 Å². The maximum absolute atomic E-state index is 5.92. The van der Waals surface area contributed by atoms with Gasteiger partial charge in [-0.2, -0.15) is 0 Å². The van der Waals surface area contributed by atoms with E-state index < -0.39 is 0 Å². The number of hydrogen-bond donors (Lipinski definition) is 1. The van der Waals surface area contributed by atoms with Crippen LogP contribution in [0.3, 0.4) is 0 Å². The molecule has 1 aliphatic rings. The first kappa shape index (κ1) is 12.7.